The third-order valence-electron chi connectivity index (χ3n) is 6.06. The molecule has 0 fully saturated rings. The SMILES string of the molecule is CCOC(=O)c1cnc2n1CNC(C(=O)c1cc(Cc3n[nH]c(=O)c4ccccc34)ccc1F)C2. The number of hydrogen-bond acceptors (Lipinski definition) is 7. The van der Waals surface area contributed by atoms with E-state index >= 15 is 0 Å². The molecule has 1 aliphatic heterocycles. The molecule has 0 aliphatic carbocycles. The van der Waals surface area contributed by atoms with Gasteiger partial charge in [-0.25, -0.2) is 19.3 Å². The van der Waals surface area contributed by atoms with E-state index in [1.165, 1.54) is 18.3 Å². The molecule has 3 heterocycles. The molecule has 4 aromatic rings. The molecular weight excluding hydrogens is 453 g/mol. The van der Waals surface area contributed by atoms with Crippen molar-refractivity contribution in [1.82, 2.24) is 25.1 Å². The number of rotatable bonds is 6. The minimum absolute atomic E-state index is 0.0423. The minimum Gasteiger partial charge on any atom is -0.461 e. The van der Waals surface area contributed by atoms with Crippen LogP contribution in [-0.4, -0.2) is 44.1 Å². The Morgan fingerprint density at radius 2 is 2.00 bits per heavy atom. The number of halogens is 1. The lowest BCUT2D eigenvalue weighted by molar-refractivity contribution is 0.0511. The summed E-state index contributed by atoms with van der Waals surface area (Å²) in [6.45, 7) is 2.14. The number of Topliss-reactive ketones (excluding diaryl/α,β-unsaturated/α-hetero) is 1. The summed E-state index contributed by atoms with van der Waals surface area (Å²) >= 11 is 0. The Labute approximate surface area is 199 Å². The van der Waals surface area contributed by atoms with Crippen molar-refractivity contribution >= 4 is 22.5 Å². The Bertz CT molecular complexity index is 1510. The maximum Gasteiger partial charge on any atom is 0.356 e. The molecule has 2 N–H and O–H groups in total. The molecule has 2 aromatic heterocycles. The van der Waals surface area contributed by atoms with Gasteiger partial charge in [-0.05, 0) is 30.7 Å². The number of nitrogens with zero attached hydrogens (tertiary/aromatic N) is 3. The highest BCUT2D eigenvalue weighted by molar-refractivity contribution is 6.00. The number of ketones is 1. The Balaban J connectivity index is 1.39. The number of aromatic nitrogens is 4. The molecule has 1 aliphatic rings. The lowest BCUT2D eigenvalue weighted by atomic mass is 9.96. The number of benzene rings is 2. The number of esters is 1. The topological polar surface area (TPSA) is 119 Å². The molecule has 0 radical (unpaired) electrons. The highest BCUT2D eigenvalue weighted by atomic mass is 19.1. The maximum absolute atomic E-state index is 14.7. The van der Waals surface area contributed by atoms with E-state index in [0.29, 0.717) is 40.0 Å². The monoisotopic (exact) mass is 475 g/mol. The summed E-state index contributed by atoms with van der Waals surface area (Å²) in [6.07, 6.45) is 1.93. The fourth-order valence-corrected chi connectivity index (χ4v) is 4.32. The second kappa shape index (κ2) is 9.22. The summed E-state index contributed by atoms with van der Waals surface area (Å²) in [6, 6.07) is 10.8. The van der Waals surface area contributed by atoms with Crippen LogP contribution in [0.2, 0.25) is 0 Å². The number of fused-ring (bicyclic) bond motifs is 2. The maximum atomic E-state index is 14.7. The van der Waals surface area contributed by atoms with Gasteiger partial charge >= 0.3 is 5.97 Å². The standard InChI is InChI=1S/C25H22FN5O4/c1-2-35-25(34)21-12-27-22-11-20(28-13-31(21)22)23(32)17-9-14(7-8-18(17)26)10-19-15-5-3-4-6-16(15)24(33)30-29-19/h3-9,12,20,28H,2,10-11,13H2,1H3,(H,30,33). The molecule has 1 unspecified atom stereocenters. The van der Waals surface area contributed by atoms with Crippen LogP contribution in [0.1, 0.15) is 44.9 Å². The molecule has 10 heteroatoms. The third-order valence-corrected chi connectivity index (χ3v) is 6.06. The molecule has 0 saturated heterocycles. The lowest BCUT2D eigenvalue weighted by Gasteiger charge is -2.25. The van der Waals surface area contributed by atoms with Gasteiger partial charge < -0.3 is 9.30 Å². The first-order chi connectivity index (χ1) is 17.0. The van der Waals surface area contributed by atoms with Gasteiger partial charge in [0.1, 0.15) is 17.3 Å². The smallest absolute Gasteiger partial charge is 0.356 e. The van der Waals surface area contributed by atoms with Crippen LogP contribution in [0.4, 0.5) is 4.39 Å². The zero-order valence-electron chi connectivity index (χ0n) is 18.9. The number of H-pyrrole nitrogens is 1. The molecule has 0 spiro atoms. The first-order valence-corrected chi connectivity index (χ1v) is 11.2. The van der Waals surface area contributed by atoms with Gasteiger partial charge in [0.05, 0.1) is 42.2 Å². The van der Waals surface area contributed by atoms with E-state index in [4.69, 9.17) is 4.74 Å². The van der Waals surface area contributed by atoms with Crippen LogP contribution in [0.15, 0.2) is 53.5 Å². The molecule has 2 aromatic carbocycles. The summed E-state index contributed by atoms with van der Waals surface area (Å²) in [5.41, 5.74) is 1.27. The first-order valence-electron chi connectivity index (χ1n) is 11.2. The van der Waals surface area contributed by atoms with Crippen molar-refractivity contribution in [3.8, 4) is 0 Å². The van der Waals surface area contributed by atoms with Crippen molar-refractivity contribution in [2.75, 3.05) is 6.61 Å². The number of nitrogens with one attached hydrogen (secondary N) is 2. The molecule has 178 valence electrons. The third kappa shape index (κ3) is 4.24. The van der Waals surface area contributed by atoms with E-state index in [1.807, 2.05) is 6.07 Å². The van der Waals surface area contributed by atoms with E-state index < -0.39 is 23.6 Å². The van der Waals surface area contributed by atoms with Crippen LogP contribution in [0.3, 0.4) is 0 Å². The Morgan fingerprint density at radius 1 is 1.20 bits per heavy atom. The van der Waals surface area contributed by atoms with Crippen molar-refractivity contribution in [1.29, 1.82) is 0 Å². The van der Waals surface area contributed by atoms with Crippen molar-refractivity contribution in [3.63, 3.8) is 0 Å². The Morgan fingerprint density at radius 3 is 2.80 bits per heavy atom. The van der Waals surface area contributed by atoms with Crippen molar-refractivity contribution in [2.24, 2.45) is 0 Å². The van der Waals surface area contributed by atoms with E-state index in [-0.39, 0.29) is 30.8 Å². The molecule has 1 atom stereocenters. The van der Waals surface area contributed by atoms with Gasteiger partial charge in [-0.1, -0.05) is 24.3 Å². The van der Waals surface area contributed by atoms with Crippen LogP contribution in [0, 0.1) is 5.82 Å². The van der Waals surface area contributed by atoms with E-state index in [1.54, 1.807) is 35.8 Å². The molecule has 9 nitrogen and oxygen atoms in total. The van der Waals surface area contributed by atoms with Gasteiger partial charge in [0.25, 0.3) is 5.56 Å². The second-order valence-corrected chi connectivity index (χ2v) is 8.23. The van der Waals surface area contributed by atoms with Gasteiger partial charge in [0.2, 0.25) is 0 Å². The van der Waals surface area contributed by atoms with Crippen LogP contribution in [-0.2, 0) is 24.2 Å². The van der Waals surface area contributed by atoms with Gasteiger partial charge in [-0.3, -0.25) is 14.9 Å². The largest absolute Gasteiger partial charge is 0.461 e. The zero-order chi connectivity index (χ0) is 24.5. The van der Waals surface area contributed by atoms with Crippen LogP contribution < -0.4 is 10.9 Å². The predicted octanol–water partition coefficient (Wildman–Crippen LogP) is 2.38. The molecule has 0 amide bonds. The summed E-state index contributed by atoms with van der Waals surface area (Å²) in [7, 11) is 0. The fraction of sp³-hybridized carbons (Fsp3) is 0.240. The average molecular weight is 475 g/mol. The van der Waals surface area contributed by atoms with Gasteiger partial charge in [-0.15, -0.1) is 0 Å². The average Bonchev–Trinajstić information content (AvgIpc) is 3.30. The van der Waals surface area contributed by atoms with E-state index in [0.717, 1.165) is 0 Å². The normalized spacial score (nSPS) is 15.1. The highest BCUT2D eigenvalue weighted by Crippen LogP contribution is 2.21. The van der Waals surface area contributed by atoms with Crippen molar-refractivity contribution in [3.05, 3.63) is 93.2 Å². The van der Waals surface area contributed by atoms with Gasteiger partial charge in [-0.2, -0.15) is 5.10 Å². The molecule has 0 saturated carbocycles. The molecule has 0 bridgehead atoms. The summed E-state index contributed by atoms with van der Waals surface area (Å²) in [5, 5.41) is 10.9. The Kier molecular flexibility index (Phi) is 5.96. The van der Waals surface area contributed by atoms with Crippen LogP contribution >= 0.6 is 0 Å². The number of hydrogen-bond donors (Lipinski definition) is 2. The van der Waals surface area contributed by atoms with Crippen LogP contribution in [0.25, 0.3) is 10.8 Å². The summed E-state index contributed by atoms with van der Waals surface area (Å²) in [4.78, 5) is 41.6. The second-order valence-electron chi connectivity index (χ2n) is 8.23. The lowest BCUT2D eigenvalue weighted by Crippen LogP contribution is -2.45. The van der Waals surface area contributed by atoms with Gasteiger partial charge in [0.15, 0.2) is 5.78 Å². The summed E-state index contributed by atoms with van der Waals surface area (Å²) in [5.74, 6) is -0.970. The molecule has 5 rings (SSSR count). The van der Waals surface area contributed by atoms with Crippen molar-refractivity contribution < 1.29 is 18.7 Å². The van der Waals surface area contributed by atoms with Crippen LogP contribution in [0.5, 0.6) is 0 Å². The quantitative estimate of drug-likeness (QED) is 0.325. The number of ether oxygens (including phenoxy) is 1. The molecular formula is C25H22FN5O4. The number of carbonyl (C=O) groups excluding carboxylic acids is 2. The van der Waals surface area contributed by atoms with E-state index in [2.05, 4.69) is 20.5 Å². The van der Waals surface area contributed by atoms with Crippen molar-refractivity contribution in [2.45, 2.75) is 32.5 Å². The van der Waals surface area contributed by atoms with E-state index in [9.17, 15) is 18.8 Å². The van der Waals surface area contributed by atoms with Gasteiger partial charge in [0, 0.05) is 18.2 Å². The minimum atomic E-state index is -0.697. The Hall–Kier alpha value is -4.18. The fourth-order valence-electron chi connectivity index (χ4n) is 4.32. The molecule has 35 heavy (non-hydrogen) atoms. The zero-order valence-corrected chi connectivity index (χ0v) is 18.9. The summed E-state index contributed by atoms with van der Waals surface area (Å²) < 4.78 is 21.4. The number of carbonyl (C=O) groups is 2. The highest BCUT2D eigenvalue weighted by Gasteiger charge is 2.30. The first kappa shape index (κ1) is 22.6. The number of aromatic amines is 1. The number of imidazole rings is 1. The predicted molar refractivity (Wildman–Crippen MR) is 125 cm³/mol.